The second-order valence-electron chi connectivity index (χ2n) is 13.8. The molecule has 7 N–H and O–H groups in total. The van der Waals surface area contributed by atoms with E-state index in [9.17, 15) is 24.3 Å². The highest BCUT2D eigenvalue weighted by atomic mass is 35.5. The number of ether oxygens (including phenoxy) is 1. The van der Waals surface area contributed by atoms with Crippen molar-refractivity contribution in [3.8, 4) is 16.2 Å². The Hall–Kier alpha value is -4.04. The van der Waals surface area contributed by atoms with E-state index >= 15 is 0 Å². The van der Waals surface area contributed by atoms with Crippen LogP contribution in [0.15, 0.2) is 54.0 Å². The molecule has 0 bridgehead atoms. The van der Waals surface area contributed by atoms with E-state index in [2.05, 4.69) is 15.6 Å². The predicted molar refractivity (Wildman–Crippen MR) is 196 cm³/mol. The number of aryl methyl sites for hydroxylation is 1. The van der Waals surface area contributed by atoms with Crippen molar-refractivity contribution >= 4 is 47.4 Å². The van der Waals surface area contributed by atoms with E-state index in [1.165, 1.54) is 4.90 Å². The minimum absolute atomic E-state index is 0. The first-order valence-corrected chi connectivity index (χ1v) is 17.3. The number of likely N-dealkylation sites (tertiary alicyclic amines) is 1. The van der Waals surface area contributed by atoms with Gasteiger partial charge in [0, 0.05) is 25.4 Å². The molecular formula is C36H49ClN6O6S. The average molecular weight is 729 g/mol. The first kappa shape index (κ1) is 40.4. The van der Waals surface area contributed by atoms with Crippen molar-refractivity contribution < 1.29 is 29.0 Å². The van der Waals surface area contributed by atoms with Crippen molar-refractivity contribution in [3.05, 3.63) is 70.9 Å². The highest BCUT2D eigenvalue weighted by Gasteiger charge is 2.44. The van der Waals surface area contributed by atoms with E-state index in [4.69, 9.17) is 16.2 Å². The number of halogens is 1. The molecule has 0 radical (unpaired) electrons. The number of hydrogen-bond acceptors (Lipinski definition) is 9. The van der Waals surface area contributed by atoms with E-state index < -0.39 is 35.4 Å². The third kappa shape index (κ3) is 11.0. The molecule has 12 nitrogen and oxygen atoms in total. The van der Waals surface area contributed by atoms with Crippen molar-refractivity contribution in [2.45, 2.75) is 90.6 Å². The molecule has 2 aromatic carbocycles. The molecule has 1 aromatic heterocycles. The molecule has 1 fully saturated rings. The number of carbonyl (C=O) groups is 4. The second kappa shape index (κ2) is 17.8. The molecule has 2 heterocycles. The van der Waals surface area contributed by atoms with Crippen molar-refractivity contribution in [1.29, 1.82) is 0 Å². The Morgan fingerprint density at radius 2 is 1.82 bits per heavy atom. The minimum atomic E-state index is -0.955. The van der Waals surface area contributed by atoms with Crippen LogP contribution < -0.4 is 26.8 Å². The van der Waals surface area contributed by atoms with Gasteiger partial charge >= 0.3 is 0 Å². The number of primary amides is 1. The number of benzene rings is 2. The number of hydrogen-bond donors (Lipinski definition) is 5. The zero-order valence-electron chi connectivity index (χ0n) is 29.2. The van der Waals surface area contributed by atoms with Gasteiger partial charge in [-0.2, -0.15) is 0 Å². The molecule has 0 unspecified atom stereocenters. The molecule has 0 saturated carbocycles. The predicted octanol–water partition coefficient (Wildman–Crippen LogP) is 3.42. The van der Waals surface area contributed by atoms with E-state index in [1.807, 2.05) is 64.4 Å². The molecule has 0 aliphatic carbocycles. The Balaban J connectivity index is 0.00000676. The number of amides is 4. The number of thiazole rings is 1. The monoisotopic (exact) mass is 728 g/mol. The molecular weight excluding hydrogens is 680 g/mol. The molecule has 0 spiro atoms. The molecule has 4 rings (SSSR count). The van der Waals surface area contributed by atoms with E-state index in [-0.39, 0.29) is 68.7 Å². The summed E-state index contributed by atoms with van der Waals surface area (Å²) in [6.45, 7) is 9.52. The van der Waals surface area contributed by atoms with Crippen molar-refractivity contribution in [1.82, 2.24) is 20.5 Å². The number of nitrogens with one attached hydrogen (secondary N) is 2. The number of nitrogens with zero attached hydrogens (tertiary/aromatic N) is 2. The maximum atomic E-state index is 14.0. The van der Waals surface area contributed by atoms with E-state index in [0.717, 1.165) is 21.7 Å². The lowest BCUT2D eigenvalue weighted by Crippen LogP contribution is -2.58. The third-order valence-corrected chi connectivity index (χ3v) is 9.53. The number of aromatic nitrogens is 1. The minimum Gasteiger partial charge on any atom is -0.492 e. The fourth-order valence-corrected chi connectivity index (χ4v) is 6.58. The highest BCUT2D eigenvalue weighted by Crippen LogP contribution is 2.29. The van der Waals surface area contributed by atoms with Crippen molar-refractivity contribution in [2.24, 2.45) is 16.9 Å². The van der Waals surface area contributed by atoms with Gasteiger partial charge in [0.1, 0.15) is 24.4 Å². The topological polar surface area (TPSA) is 190 Å². The van der Waals surface area contributed by atoms with Crippen molar-refractivity contribution in [3.63, 3.8) is 0 Å². The maximum Gasteiger partial charge on any atom is 0.246 e. The van der Waals surface area contributed by atoms with Crippen LogP contribution in [0.3, 0.4) is 0 Å². The summed E-state index contributed by atoms with van der Waals surface area (Å²) in [5, 5.41) is 16.5. The summed E-state index contributed by atoms with van der Waals surface area (Å²) in [5.41, 5.74) is 15.9. The van der Waals surface area contributed by atoms with Crippen molar-refractivity contribution in [2.75, 3.05) is 13.2 Å². The average Bonchev–Trinajstić information content (AvgIpc) is 3.66. The van der Waals surface area contributed by atoms with Crippen LogP contribution in [0.1, 0.15) is 69.8 Å². The summed E-state index contributed by atoms with van der Waals surface area (Å²) in [5.74, 6) is -1.09. The van der Waals surface area contributed by atoms with Crippen LogP contribution in [0.2, 0.25) is 0 Å². The number of nitrogens with two attached hydrogens (primary N) is 2. The molecule has 272 valence electrons. The number of β-amino-alcohol motifs (C(OH)–C–C–N with tert-alkyl or cyclic N) is 1. The van der Waals surface area contributed by atoms with Gasteiger partial charge in [-0.15, -0.1) is 23.7 Å². The van der Waals surface area contributed by atoms with Crippen LogP contribution in [-0.4, -0.2) is 76.0 Å². The first-order chi connectivity index (χ1) is 23.1. The molecule has 1 saturated heterocycles. The van der Waals surface area contributed by atoms with Gasteiger partial charge < -0.3 is 36.8 Å². The molecule has 50 heavy (non-hydrogen) atoms. The number of aliphatic hydroxyl groups excluding tert-OH is 1. The lowest BCUT2D eigenvalue weighted by Gasteiger charge is -2.35. The van der Waals surface area contributed by atoms with E-state index in [1.54, 1.807) is 35.6 Å². The Labute approximate surface area is 303 Å². The lowest BCUT2D eigenvalue weighted by atomic mass is 9.85. The molecule has 4 amide bonds. The Kier molecular flexibility index (Phi) is 14.3. The SMILES string of the molecule is Cc1ncsc1-c1ccc([C@H](C)NC(=O)[C@@H]2C[C@@H](O)CN2C(=O)[C@@H](NC(=O)Cc2cccc(OC[C@@H](N)CCC(N)=O)c2)C(C)(C)C)cc1.Cl. The van der Waals surface area contributed by atoms with Crippen LogP contribution in [0.5, 0.6) is 5.75 Å². The summed E-state index contributed by atoms with van der Waals surface area (Å²) in [6.07, 6.45) is -0.229. The zero-order chi connectivity index (χ0) is 35.9. The number of aliphatic hydroxyl groups is 1. The largest absolute Gasteiger partial charge is 0.492 e. The smallest absolute Gasteiger partial charge is 0.246 e. The fourth-order valence-electron chi connectivity index (χ4n) is 5.77. The summed E-state index contributed by atoms with van der Waals surface area (Å²) in [7, 11) is 0. The fraction of sp³-hybridized carbons (Fsp3) is 0.472. The van der Waals surface area contributed by atoms with Crippen LogP contribution in [0.25, 0.3) is 10.4 Å². The van der Waals surface area contributed by atoms with Gasteiger partial charge in [0.2, 0.25) is 23.6 Å². The lowest BCUT2D eigenvalue weighted by molar-refractivity contribution is -0.144. The van der Waals surface area contributed by atoms with Crippen LogP contribution in [0.4, 0.5) is 0 Å². The maximum absolute atomic E-state index is 14.0. The van der Waals surface area contributed by atoms with Gasteiger partial charge in [-0.1, -0.05) is 57.2 Å². The molecule has 1 aliphatic rings. The number of rotatable bonds is 14. The quantitative estimate of drug-likeness (QED) is 0.167. The highest BCUT2D eigenvalue weighted by molar-refractivity contribution is 7.13. The first-order valence-electron chi connectivity index (χ1n) is 16.5. The van der Waals surface area contributed by atoms with Crippen LogP contribution in [0, 0.1) is 12.3 Å². The van der Waals surface area contributed by atoms with Gasteiger partial charge in [0.25, 0.3) is 0 Å². The van der Waals surface area contributed by atoms with Gasteiger partial charge in [0.05, 0.1) is 34.6 Å². The second-order valence-corrected chi connectivity index (χ2v) is 14.6. The zero-order valence-corrected chi connectivity index (χ0v) is 30.8. The van der Waals surface area contributed by atoms with Crippen LogP contribution in [-0.2, 0) is 25.6 Å². The summed E-state index contributed by atoms with van der Waals surface area (Å²) in [6, 6.07) is 12.3. The van der Waals surface area contributed by atoms with Gasteiger partial charge in [-0.05, 0) is 54.5 Å². The third-order valence-electron chi connectivity index (χ3n) is 8.55. The summed E-state index contributed by atoms with van der Waals surface area (Å²) < 4.78 is 5.75. The number of carbonyl (C=O) groups excluding carboxylic acids is 4. The molecule has 14 heteroatoms. The Bertz CT molecular complexity index is 1630. The van der Waals surface area contributed by atoms with Gasteiger partial charge in [-0.3, -0.25) is 19.2 Å². The standard InChI is InChI=1S/C36H48N6O6S.ClH/c1-21(24-9-11-25(12-10-24)32-22(2)39-20-49-32)40-34(46)29-17-27(43)18-42(29)35(47)33(36(3,4)5)41-31(45)16-23-7-6-8-28(15-23)48-19-26(37)13-14-30(38)44;/h6-12,15,20-21,26-27,29,33,43H,13-14,16-19,37H2,1-5H3,(H2,38,44)(H,40,46)(H,41,45);1H/t21-,26-,27+,29-,33+;/m0./s1. The molecule has 1 aliphatic heterocycles. The van der Waals surface area contributed by atoms with Gasteiger partial charge in [0.15, 0.2) is 0 Å². The normalized spacial score (nSPS) is 17.6. The molecule has 5 atom stereocenters. The Morgan fingerprint density at radius 3 is 2.44 bits per heavy atom. The van der Waals surface area contributed by atoms with Crippen LogP contribution >= 0.6 is 23.7 Å². The molecule has 3 aromatic rings. The summed E-state index contributed by atoms with van der Waals surface area (Å²) in [4.78, 5) is 58.7. The van der Waals surface area contributed by atoms with Gasteiger partial charge in [-0.25, -0.2) is 4.98 Å². The summed E-state index contributed by atoms with van der Waals surface area (Å²) >= 11 is 1.57. The Morgan fingerprint density at radius 1 is 1.12 bits per heavy atom. The van der Waals surface area contributed by atoms with E-state index in [0.29, 0.717) is 17.7 Å².